The Morgan fingerprint density at radius 3 is 2.41 bits per heavy atom. The van der Waals surface area contributed by atoms with Crippen LogP contribution < -0.4 is 10.3 Å². The molecule has 11 heteroatoms. The van der Waals surface area contributed by atoms with Crippen LogP contribution in [0.5, 0.6) is 5.75 Å². The van der Waals surface area contributed by atoms with Crippen molar-refractivity contribution in [1.82, 2.24) is 14.7 Å². The predicted octanol–water partition coefficient (Wildman–Crippen LogP) is 2.79. The van der Waals surface area contributed by atoms with Gasteiger partial charge in [-0.2, -0.15) is 9.94 Å². The molecule has 1 aromatic carbocycles. The van der Waals surface area contributed by atoms with Crippen molar-refractivity contribution < 1.29 is 19.2 Å². The Bertz CT molecular complexity index is 1110. The topological polar surface area (TPSA) is 141 Å². The van der Waals surface area contributed by atoms with E-state index in [1.807, 2.05) is 6.07 Å². The summed E-state index contributed by atoms with van der Waals surface area (Å²) in [4.78, 5) is 36.6. The Balaban J connectivity index is 1.71. The largest absolute Gasteiger partial charge is 0.487 e. The summed E-state index contributed by atoms with van der Waals surface area (Å²) in [5.41, 5.74) is -1.04. The lowest BCUT2D eigenvalue weighted by atomic mass is 10.1. The third-order valence-electron chi connectivity index (χ3n) is 4.70. The van der Waals surface area contributed by atoms with E-state index in [9.17, 15) is 25.0 Å². The number of carbonyl (C=O) groups is 1. The number of aromatic nitrogens is 2. The van der Waals surface area contributed by atoms with Crippen LogP contribution in [0.25, 0.3) is 5.69 Å². The van der Waals surface area contributed by atoms with Crippen LogP contribution in [0.3, 0.4) is 0 Å². The first-order valence-electron chi connectivity index (χ1n) is 10.0. The van der Waals surface area contributed by atoms with E-state index in [1.54, 1.807) is 25.7 Å². The van der Waals surface area contributed by atoms with Crippen molar-refractivity contribution in [2.45, 2.75) is 45.3 Å². The Morgan fingerprint density at radius 2 is 1.88 bits per heavy atom. The fraction of sp³-hybridized carbons (Fsp3) is 0.429. The Morgan fingerprint density at radius 1 is 1.25 bits per heavy atom. The molecular weight excluding hydrogens is 418 g/mol. The molecule has 11 nitrogen and oxygen atoms in total. The summed E-state index contributed by atoms with van der Waals surface area (Å²) < 4.78 is 12.2. The van der Waals surface area contributed by atoms with Crippen LogP contribution in [0.4, 0.5) is 10.5 Å². The van der Waals surface area contributed by atoms with Crippen LogP contribution >= 0.6 is 0 Å². The smallest absolute Gasteiger partial charge is 0.410 e. The average molecular weight is 441 g/mol. The summed E-state index contributed by atoms with van der Waals surface area (Å²) >= 11 is 0. The van der Waals surface area contributed by atoms with Crippen LogP contribution in [0.1, 0.15) is 39.3 Å². The van der Waals surface area contributed by atoms with Gasteiger partial charge >= 0.3 is 6.09 Å². The first-order chi connectivity index (χ1) is 15.1. The van der Waals surface area contributed by atoms with E-state index in [-0.39, 0.29) is 35.0 Å². The number of hydrogen-bond acceptors (Lipinski definition) is 8. The number of rotatable bonds is 4. The molecule has 0 atom stereocenters. The van der Waals surface area contributed by atoms with Gasteiger partial charge in [0.25, 0.3) is 11.2 Å². The molecule has 0 N–H and O–H groups in total. The number of non-ortho nitro benzene ring substituents is 1. The SMILES string of the molecule is CC(C)(C)OC(=O)N1CCC(Oc2cc(=O)n(-c3ccc([N+](=O)[O-])cc3)nc2C#N)CC1. The van der Waals surface area contributed by atoms with E-state index in [2.05, 4.69) is 5.10 Å². The summed E-state index contributed by atoms with van der Waals surface area (Å²) in [5, 5.41) is 24.3. The van der Waals surface area contributed by atoms with E-state index < -0.39 is 16.1 Å². The molecule has 1 aliphatic heterocycles. The number of likely N-dealkylation sites (tertiary alicyclic amines) is 1. The maximum Gasteiger partial charge on any atom is 0.410 e. The third kappa shape index (κ3) is 5.40. The summed E-state index contributed by atoms with van der Waals surface area (Å²) in [6, 6.07) is 8.34. The van der Waals surface area contributed by atoms with Gasteiger partial charge in [0.1, 0.15) is 17.8 Å². The van der Waals surface area contributed by atoms with Crippen LogP contribution in [0.2, 0.25) is 0 Å². The van der Waals surface area contributed by atoms with Gasteiger partial charge in [-0.3, -0.25) is 14.9 Å². The molecule has 0 radical (unpaired) electrons. The van der Waals surface area contributed by atoms with Gasteiger partial charge in [0, 0.05) is 38.1 Å². The summed E-state index contributed by atoms with van der Waals surface area (Å²) in [5.74, 6) is 0.0615. The molecule has 1 fully saturated rings. The normalized spacial score (nSPS) is 14.5. The molecule has 168 valence electrons. The fourth-order valence-corrected chi connectivity index (χ4v) is 3.17. The molecule has 1 saturated heterocycles. The quantitative estimate of drug-likeness (QED) is 0.521. The van der Waals surface area contributed by atoms with Gasteiger partial charge in [0.05, 0.1) is 16.7 Å². The Kier molecular flexibility index (Phi) is 6.43. The summed E-state index contributed by atoms with van der Waals surface area (Å²) in [7, 11) is 0. The van der Waals surface area contributed by atoms with Crippen molar-refractivity contribution in [3.05, 3.63) is 56.5 Å². The second-order valence-electron chi connectivity index (χ2n) is 8.28. The average Bonchev–Trinajstić information content (AvgIpc) is 2.73. The molecule has 0 unspecified atom stereocenters. The molecule has 0 aliphatic carbocycles. The van der Waals surface area contributed by atoms with Crippen molar-refractivity contribution >= 4 is 11.8 Å². The molecule has 0 bridgehead atoms. The highest BCUT2D eigenvalue weighted by molar-refractivity contribution is 5.68. The van der Waals surface area contributed by atoms with Crippen LogP contribution in [-0.4, -0.2) is 50.5 Å². The number of piperidine rings is 1. The number of benzene rings is 1. The molecule has 2 heterocycles. The standard InChI is InChI=1S/C21H23N5O6/c1-21(2,3)32-20(28)24-10-8-16(9-11-24)31-18-12-19(27)25(23-17(18)13-22)14-4-6-15(7-5-14)26(29)30/h4-7,12,16H,8-11H2,1-3H3. The number of hydrogen-bond donors (Lipinski definition) is 0. The van der Waals surface area contributed by atoms with Crippen LogP contribution in [0, 0.1) is 21.4 Å². The zero-order valence-electron chi connectivity index (χ0n) is 18.0. The van der Waals surface area contributed by atoms with E-state index in [4.69, 9.17) is 9.47 Å². The first-order valence-corrected chi connectivity index (χ1v) is 10.0. The number of ether oxygens (including phenoxy) is 2. The minimum absolute atomic E-state index is 0.0615. The highest BCUT2D eigenvalue weighted by Crippen LogP contribution is 2.22. The van der Waals surface area contributed by atoms with Gasteiger partial charge in [0.2, 0.25) is 5.69 Å². The first kappa shape index (κ1) is 22.7. The lowest BCUT2D eigenvalue weighted by Gasteiger charge is -2.33. The van der Waals surface area contributed by atoms with Gasteiger partial charge in [0.15, 0.2) is 5.75 Å². The molecule has 1 aliphatic rings. The number of amides is 1. The lowest BCUT2D eigenvalue weighted by molar-refractivity contribution is -0.384. The highest BCUT2D eigenvalue weighted by Gasteiger charge is 2.28. The number of nitrogens with zero attached hydrogens (tertiary/aromatic N) is 5. The molecular formula is C21H23N5O6. The lowest BCUT2D eigenvalue weighted by Crippen LogP contribution is -2.44. The monoisotopic (exact) mass is 441 g/mol. The van der Waals surface area contributed by atoms with Crippen molar-refractivity contribution in [3.63, 3.8) is 0 Å². The van der Waals surface area contributed by atoms with Crippen molar-refractivity contribution in [1.29, 1.82) is 5.26 Å². The molecule has 0 saturated carbocycles. The van der Waals surface area contributed by atoms with Crippen LogP contribution in [-0.2, 0) is 4.74 Å². The maximum absolute atomic E-state index is 12.6. The minimum atomic E-state index is -0.578. The maximum atomic E-state index is 12.6. The van der Waals surface area contributed by atoms with E-state index >= 15 is 0 Å². The summed E-state index contributed by atoms with van der Waals surface area (Å²) in [6.45, 7) is 6.26. The van der Waals surface area contributed by atoms with Gasteiger partial charge in [-0.05, 0) is 32.9 Å². The predicted molar refractivity (Wildman–Crippen MR) is 113 cm³/mol. The fourth-order valence-electron chi connectivity index (χ4n) is 3.17. The van der Waals surface area contributed by atoms with E-state index in [0.29, 0.717) is 25.9 Å². The van der Waals surface area contributed by atoms with Crippen molar-refractivity contribution in [3.8, 4) is 17.5 Å². The zero-order chi connectivity index (χ0) is 23.5. The Labute approximate surface area is 183 Å². The van der Waals surface area contributed by atoms with Gasteiger partial charge in [-0.25, -0.2) is 4.79 Å². The van der Waals surface area contributed by atoms with Gasteiger partial charge in [-0.1, -0.05) is 0 Å². The third-order valence-corrected chi connectivity index (χ3v) is 4.70. The number of carbonyl (C=O) groups excluding carboxylic acids is 1. The Hall–Kier alpha value is -3.94. The molecule has 3 rings (SSSR count). The van der Waals surface area contributed by atoms with E-state index in [1.165, 1.54) is 30.3 Å². The zero-order valence-corrected chi connectivity index (χ0v) is 18.0. The van der Waals surface area contributed by atoms with E-state index in [0.717, 1.165) is 4.68 Å². The van der Waals surface area contributed by atoms with Crippen LogP contribution in [0.15, 0.2) is 35.1 Å². The summed E-state index contributed by atoms with van der Waals surface area (Å²) in [6.07, 6.45) is 0.337. The molecule has 1 amide bonds. The number of nitro benzene ring substituents is 1. The van der Waals surface area contributed by atoms with Crippen molar-refractivity contribution in [2.24, 2.45) is 0 Å². The van der Waals surface area contributed by atoms with Gasteiger partial charge in [-0.15, -0.1) is 5.10 Å². The van der Waals surface area contributed by atoms with Gasteiger partial charge < -0.3 is 14.4 Å². The number of nitriles is 1. The number of nitro groups is 1. The second-order valence-corrected chi connectivity index (χ2v) is 8.28. The molecule has 0 spiro atoms. The minimum Gasteiger partial charge on any atom is -0.487 e. The molecule has 32 heavy (non-hydrogen) atoms. The van der Waals surface area contributed by atoms with Crippen molar-refractivity contribution in [2.75, 3.05) is 13.1 Å². The second kappa shape index (κ2) is 9.05. The molecule has 2 aromatic rings. The highest BCUT2D eigenvalue weighted by atomic mass is 16.6. The molecule has 1 aromatic heterocycles.